The molecule has 0 aliphatic rings. The minimum atomic E-state index is 1.22. The van der Waals surface area contributed by atoms with Gasteiger partial charge in [0.25, 0.3) is 0 Å². The predicted molar refractivity (Wildman–Crippen MR) is 198 cm³/mol. The van der Waals surface area contributed by atoms with E-state index in [0.29, 0.717) is 0 Å². The van der Waals surface area contributed by atoms with Crippen LogP contribution in [0.1, 0.15) is 0 Å². The summed E-state index contributed by atoms with van der Waals surface area (Å²) in [4.78, 5) is 0. The van der Waals surface area contributed by atoms with Crippen molar-refractivity contribution >= 4 is 43.1 Å². The molecule has 0 spiro atoms. The van der Waals surface area contributed by atoms with Gasteiger partial charge in [0.05, 0.1) is 0 Å². The molecule has 0 aliphatic carbocycles. The highest BCUT2D eigenvalue weighted by Gasteiger charge is 2.16. The molecule has 0 heterocycles. The first-order valence-electron chi connectivity index (χ1n) is 15.9. The van der Waals surface area contributed by atoms with Crippen LogP contribution < -0.4 is 0 Å². The van der Waals surface area contributed by atoms with E-state index in [1.54, 1.807) is 0 Å². The Morgan fingerprint density at radius 3 is 0.891 bits per heavy atom. The molecule has 214 valence electrons. The normalized spacial score (nSPS) is 11.5. The molecule has 0 saturated heterocycles. The van der Waals surface area contributed by atoms with Crippen molar-refractivity contribution in [2.75, 3.05) is 0 Å². The van der Waals surface area contributed by atoms with Crippen molar-refractivity contribution in [2.45, 2.75) is 0 Å². The molecular formula is C46H30. The van der Waals surface area contributed by atoms with E-state index in [2.05, 4.69) is 182 Å². The molecule has 0 N–H and O–H groups in total. The minimum Gasteiger partial charge on any atom is -0.0622 e. The fraction of sp³-hybridized carbons (Fsp3) is 0. The lowest BCUT2D eigenvalue weighted by atomic mass is 9.85. The molecular weight excluding hydrogens is 553 g/mol. The number of rotatable bonds is 4. The van der Waals surface area contributed by atoms with Crippen molar-refractivity contribution in [2.24, 2.45) is 0 Å². The van der Waals surface area contributed by atoms with Crippen LogP contribution in [0, 0.1) is 0 Å². The average molecular weight is 583 g/mol. The van der Waals surface area contributed by atoms with E-state index in [1.807, 2.05) is 0 Å². The van der Waals surface area contributed by atoms with Gasteiger partial charge in [-0.05, 0) is 93.7 Å². The van der Waals surface area contributed by atoms with Crippen molar-refractivity contribution in [1.82, 2.24) is 0 Å². The fourth-order valence-electron chi connectivity index (χ4n) is 7.34. The first kappa shape index (κ1) is 26.4. The molecule has 0 atom stereocenters. The smallest absolute Gasteiger partial charge is 0.00264 e. The summed E-state index contributed by atoms with van der Waals surface area (Å²) in [7, 11) is 0. The Labute approximate surface area is 268 Å². The monoisotopic (exact) mass is 582 g/mol. The summed E-state index contributed by atoms with van der Waals surface area (Å²) in [5.41, 5.74) is 10.0. The molecule has 0 amide bonds. The summed E-state index contributed by atoms with van der Waals surface area (Å²) < 4.78 is 0. The largest absolute Gasteiger partial charge is 0.0622 e. The third-order valence-electron chi connectivity index (χ3n) is 9.45. The zero-order valence-electron chi connectivity index (χ0n) is 25.3. The van der Waals surface area contributed by atoms with Gasteiger partial charge in [0, 0.05) is 0 Å². The van der Waals surface area contributed by atoms with Crippen LogP contribution >= 0.6 is 0 Å². The van der Waals surface area contributed by atoms with Crippen molar-refractivity contribution in [3.8, 4) is 44.5 Å². The average Bonchev–Trinajstić information content (AvgIpc) is 3.13. The third-order valence-corrected chi connectivity index (χ3v) is 9.45. The van der Waals surface area contributed by atoms with Crippen molar-refractivity contribution in [3.05, 3.63) is 182 Å². The second-order valence-corrected chi connectivity index (χ2v) is 12.1. The van der Waals surface area contributed by atoms with Gasteiger partial charge < -0.3 is 0 Å². The molecule has 0 heteroatoms. The number of fused-ring (bicyclic) bond motifs is 4. The Morgan fingerprint density at radius 1 is 0.196 bits per heavy atom. The third kappa shape index (κ3) is 4.30. The van der Waals surface area contributed by atoms with Crippen molar-refractivity contribution < 1.29 is 0 Å². The Morgan fingerprint density at radius 2 is 0.478 bits per heavy atom. The van der Waals surface area contributed by atoms with E-state index in [1.165, 1.54) is 87.6 Å². The predicted octanol–water partition coefficient (Wildman–Crippen LogP) is 13.0. The Kier molecular flexibility index (Phi) is 6.25. The summed E-state index contributed by atoms with van der Waals surface area (Å²) in [5, 5.41) is 10.2. The Balaban J connectivity index is 1.14. The van der Waals surface area contributed by atoms with Crippen LogP contribution in [0.25, 0.3) is 87.6 Å². The van der Waals surface area contributed by atoms with E-state index >= 15 is 0 Å². The first-order chi connectivity index (χ1) is 22.8. The van der Waals surface area contributed by atoms with Crippen LogP contribution in [0.2, 0.25) is 0 Å². The quantitative estimate of drug-likeness (QED) is 0.181. The molecule has 9 aromatic carbocycles. The van der Waals surface area contributed by atoms with E-state index in [0.717, 1.165) is 0 Å². The highest BCUT2D eigenvalue weighted by molar-refractivity contribution is 6.21. The molecule has 0 radical (unpaired) electrons. The molecule has 0 bridgehead atoms. The number of hydrogen-bond acceptors (Lipinski definition) is 0. The van der Waals surface area contributed by atoms with Gasteiger partial charge in [-0.25, -0.2) is 0 Å². The molecule has 0 unspecified atom stereocenters. The molecule has 9 aromatic rings. The number of benzene rings is 9. The maximum Gasteiger partial charge on any atom is -0.00264 e. The van der Waals surface area contributed by atoms with Crippen molar-refractivity contribution in [3.63, 3.8) is 0 Å². The van der Waals surface area contributed by atoms with Crippen LogP contribution in [-0.4, -0.2) is 0 Å². The van der Waals surface area contributed by atoms with Gasteiger partial charge in [-0.1, -0.05) is 176 Å². The van der Waals surface area contributed by atoms with Crippen LogP contribution in [-0.2, 0) is 0 Å². The van der Waals surface area contributed by atoms with Crippen LogP contribution in [0.5, 0.6) is 0 Å². The molecule has 0 aliphatic heterocycles. The summed E-state index contributed by atoms with van der Waals surface area (Å²) in [5.74, 6) is 0. The standard InChI is InChI=1S/C46H30/c1-2-12-33(13-3-1)45-40-18-8-10-20-42(40)46(43-21-11-9-19-41(43)45)35-28-24-32(25-29-35)31-22-26-34(27-23-31)44-38-16-6-4-14-36(38)30-37-15-5-7-17-39(37)44/h1-30H. The lowest BCUT2D eigenvalue weighted by Crippen LogP contribution is -1.90. The second kappa shape index (κ2) is 10.9. The van der Waals surface area contributed by atoms with Crippen molar-refractivity contribution in [1.29, 1.82) is 0 Å². The van der Waals surface area contributed by atoms with Gasteiger partial charge in [-0.2, -0.15) is 0 Å². The topological polar surface area (TPSA) is 0 Å². The van der Waals surface area contributed by atoms with Gasteiger partial charge in [0.1, 0.15) is 0 Å². The van der Waals surface area contributed by atoms with Crippen LogP contribution in [0.15, 0.2) is 182 Å². The molecule has 0 fully saturated rings. The summed E-state index contributed by atoms with van der Waals surface area (Å²) in [6, 6.07) is 66.4. The molecule has 0 nitrogen and oxygen atoms in total. The first-order valence-corrected chi connectivity index (χ1v) is 15.9. The second-order valence-electron chi connectivity index (χ2n) is 12.1. The van der Waals surface area contributed by atoms with Gasteiger partial charge in [0.2, 0.25) is 0 Å². The van der Waals surface area contributed by atoms with Gasteiger partial charge in [0.15, 0.2) is 0 Å². The lowest BCUT2D eigenvalue weighted by molar-refractivity contribution is 1.60. The van der Waals surface area contributed by atoms with E-state index < -0.39 is 0 Å². The zero-order chi connectivity index (χ0) is 30.5. The number of hydrogen-bond donors (Lipinski definition) is 0. The highest BCUT2D eigenvalue weighted by Crippen LogP contribution is 2.44. The van der Waals surface area contributed by atoms with E-state index in [9.17, 15) is 0 Å². The van der Waals surface area contributed by atoms with Gasteiger partial charge >= 0.3 is 0 Å². The molecule has 9 rings (SSSR count). The highest BCUT2D eigenvalue weighted by atomic mass is 14.2. The minimum absolute atomic E-state index is 1.22. The SMILES string of the molecule is c1ccc(-c2c3ccccc3c(-c3ccc(-c4ccc(-c5c6ccccc6cc6ccccc56)cc4)cc3)c3ccccc23)cc1. The Hall–Kier alpha value is -5.98. The maximum absolute atomic E-state index is 2.30. The molecule has 0 saturated carbocycles. The summed E-state index contributed by atoms with van der Waals surface area (Å²) >= 11 is 0. The molecule has 0 aromatic heterocycles. The summed E-state index contributed by atoms with van der Waals surface area (Å²) in [6.07, 6.45) is 0. The van der Waals surface area contributed by atoms with Crippen LogP contribution in [0.3, 0.4) is 0 Å². The van der Waals surface area contributed by atoms with Crippen LogP contribution in [0.4, 0.5) is 0 Å². The van der Waals surface area contributed by atoms with Gasteiger partial charge in [-0.15, -0.1) is 0 Å². The maximum atomic E-state index is 2.30. The lowest BCUT2D eigenvalue weighted by Gasteiger charge is -2.18. The molecule has 46 heavy (non-hydrogen) atoms. The van der Waals surface area contributed by atoms with E-state index in [4.69, 9.17) is 0 Å². The summed E-state index contributed by atoms with van der Waals surface area (Å²) in [6.45, 7) is 0. The van der Waals surface area contributed by atoms with Gasteiger partial charge in [-0.3, -0.25) is 0 Å². The Bertz CT molecular complexity index is 2430. The fourth-order valence-corrected chi connectivity index (χ4v) is 7.34. The zero-order valence-corrected chi connectivity index (χ0v) is 25.3. The van der Waals surface area contributed by atoms with E-state index in [-0.39, 0.29) is 0 Å².